The van der Waals surface area contributed by atoms with Gasteiger partial charge in [0.25, 0.3) is 0 Å². The molecule has 3 nitrogen and oxygen atoms in total. The van der Waals surface area contributed by atoms with Gasteiger partial charge in [-0.3, -0.25) is 0 Å². The maximum Gasteiger partial charge on any atom is 0.107 e. The molecule has 3 heteroatoms. The van der Waals surface area contributed by atoms with Crippen LogP contribution in [0.5, 0.6) is 0 Å². The molecule has 1 aliphatic rings. The molecule has 1 aromatic carbocycles. The van der Waals surface area contributed by atoms with E-state index in [1.807, 2.05) is 0 Å². The quantitative estimate of drug-likeness (QED) is 0.902. The SMILES string of the molecule is Cc1cccc(N(C)CCC2CCCC2(N)C#N)c1. The van der Waals surface area contributed by atoms with Crippen LogP contribution in [-0.2, 0) is 0 Å². The molecule has 102 valence electrons. The average Bonchev–Trinajstić information content (AvgIpc) is 2.78. The van der Waals surface area contributed by atoms with E-state index in [1.165, 1.54) is 11.3 Å². The van der Waals surface area contributed by atoms with Crippen molar-refractivity contribution in [3.8, 4) is 6.07 Å². The molecule has 0 amide bonds. The van der Waals surface area contributed by atoms with E-state index in [9.17, 15) is 5.26 Å². The number of nitriles is 1. The minimum absolute atomic E-state index is 0.338. The number of anilines is 1. The molecule has 19 heavy (non-hydrogen) atoms. The summed E-state index contributed by atoms with van der Waals surface area (Å²) < 4.78 is 0. The largest absolute Gasteiger partial charge is 0.375 e. The van der Waals surface area contributed by atoms with Gasteiger partial charge < -0.3 is 10.6 Å². The Labute approximate surface area is 116 Å². The van der Waals surface area contributed by atoms with E-state index in [-0.39, 0.29) is 0 Å². The molecule has 1 aliphatic carbocycles. The summed E-state index contributed by atoms with van der Waals surface area (Å²) in [6, 6.07) is 10.8. The van der Waals surface area contributed by atoms with Crippen LogP contribution in [0.4, 0.5) is 5.69 Å². The van der Waals surface area contributed by atoms with Crippen molar-refractivity contribution in [1.82, 2.24) is 0 Å². The van der Waals surface area contributed by atoms with Gasteiger partial charge in [-0.2, -0.15) is 5.26 Å². The summed E-state index contributed by atoms with van der Waals surface area (Å²) in [6.45, 7) is 3.06. The minimum atomic E-state index is -0.590. The average molecular weight is 257 g/mol. The third kappa shape index (κ3) is 3.08. The monoisotopic (exact) mass is 257 g/mol. The Morgan fingerprint density at radius 2 is 2.32 bits per heavy atom. The highest BCUT2D eigenvalue weighted by atomic mass is 15.1. The van der Waals surface area contributed by atoms with Gasteiger partial charge in [-0.15, -0.1) is 0 Å². The van der Waals surface area contributed by atoms with E-state index in [2.05, 4.69) is 49.2 Å². The van der Waals surface area contributed by atoms with Crippen molar-refractivity contribution in [1.29, 1.82) is 5.26 Å². The second-order valence-electron chi connectivity index (χ2n) is 5.79. The zero-order valence-electron chi connectivity index (χ0n) is 11.9. The molecule has 0 radical (unpaired) electrons. The van der Waals surface area contributed by atoms with E-state index >= 15 is 0 Å². The third-order valence-corrected chi connectivity index (χ3v) is 4.34. The fraction of sp³-hybridized carbons (Fsp3) is 0.562. The highest BCUT2D eigenvalue weighted by Gasteiger charge is 2.39. The van der Waals surface area contributed by atoms with Crippen LogP contribution in [0.2, 0.25) is 0 Å². The van der Waals surface area contributed by atoms with Crippen molar-refractivity contribution < 1.29 is 0 Å². The second-order valence-corrected chi connectivity index (χ2v) is 5.79. The molecule has 2 rings (SSSR count). The molecule has 2 unspecified atom stereocenters. The Bertz CT molecular complexity index is 477. The van der Waals surface area contributed by atoms with E-state index in [4.69, 9.17) is 5.73 Å². The summed E-state index contributed by atoms with van der Waals surface area (Å²) in [4.78, 5) is 2.25. The number of aryl methyl sites for hydroxylation is 1. The van der Waals surface area contributed by atoms with Crippen LogP contribution in [0.3, 0.4) is 0 Å². The van der Waals surface area contributed by atoms with Crippen molar-refractivity contribution >= 4 is 5.69 Å². The molecular formula is C16H23N3. The Kier molecular flexibility index (Phi) is 4.11. The number of nitrogens with zero attached hydrogens (tertiary/aromatic N) is 2. The van der Waals surface area contributed by atoms with Crippen LogP contribution in [0, 0.1) is 24.2 Å². The normalized spacial score (nSPS) is 26.1. The molecule has 0 heterocycles. The van der Waals surface area contributed by atoms with Gasteiger partial charge in [-0.1, -0.05) is 18.6 Å². The first kappa shape index (κ1) is 13.9. The molecule has 2 N–H and O–H groups in total. The smallest absolute Gasteiger partial charge is 0.107 e. The number of nitrogens with two attached hydrogens (primary N) is 1. The van der Waals surface area contributed by atoms with Crippen molar-refractivity contribution in [3.05, 3.63) is 29.8 Å². The third-order valence-electron chi connectivity index (χ3n) is 4.34. The Morgan fingerprint density at radius 3 is 3.00 bits per heavy atom. The van der Waals surface area contributed by atoms with Gasteiger partial charge in [-0.05, 0) is 49.8 Å². The van der Waals surface area contributed by atoms with Crippen LogP contribution in [0.1, 0.15) is 31.2 Å². The molecule has 0 saturated heterocycles. The maximum absolute atomic E-state index is 9.23. The van der Waals surface area contributed by atoms with Gasteiger partial charge in [0.05, 0.1) is 6.07 Å². The standard InChI is InChI=1S/C16H23N3/c1-13-5-3-7-15(11-13)19(2)10-8-14-6-4-9-16(14,18)12-17/h3,5,7,11,14H,4,6,8-10,18H2,1-2H3. The first-order chi connectivity index (χ1) is 9.05. The first-order valence-corrected chi connectivity index (χ1v) is 7.03. The van der Waals surface area contributed by atoms with E-state index < -0.39 is 5.54 Å². The lowest BCUT2D eigenvalue weighted by atomic mass is 9.87. The fourth-order valence-electron chi connectivity index (χ4n) is 3.00. The molecule has 0 aliphatic heterocycles. The maximum atomic E-state index is 9.23. The van der Waals surface area contributed by atoms with Crippen LogP contribution in [0.25, 0.3) is 0 Å². The van der Waals surface area contributed by atoms with Crippen molar-refractivity contribution in [2.45, 2.75) is 38.1 Å². The Hall–Kier alpha value is -1.53. The van der Waals surface area contributed by atoms with Crippen LogP contribution >= 0.6 is 0 Å². The molecule has 1 aromatic rings. The second kappa shape index (κ2) is 5.63. The topological polar surface area (TPSA) is 53.0 Å². The summed E-state index contributed by atoms with van der Waals surface area (Å²) >= 11 is 0. The molecule has 1 saturated carbocycles. The highest BCUT2D eigenvalue weighted by Crippen LogP contribution is 2.35. The summed E-state index contributed by atoms with van der Waals surface area (Å²) in [6.07, 6.45) is 4.02. The number of rotatable bonds is 4. The number of hydrogen-bond donors (Lipinski definition) is 1. The van der Waals surface area contributed by atoms with E-state index in [0.29, 0.717) is 5.92 Å². The van der Waals surface area contributed by atoms with Gasteiger partial charge in [-0.25, -0.2) is 0 Å². The van der Waals surface area contributed by atoms with Gasteiger partial charge in [0.2, 0.25) is 0 Å². The lowest BCUT2D eigenvalue weighted by Crippen LogP contribution is -2.42. The van der Waals surface area contributed by atoms with E-state index in [1.54, 1.807) is 0 Å². The van der Waals surface area contributed by atoms with E-state index in [0.717, 1.165) is 32.2 Å². The minimum Gasteiger partial charge on any atom is -0.375 e. The Balaban J connectivity index is 1.94. The Morgan fingerprint density at radius 1 is 1.53 bits per heavy atom. The summed E-state index contributed by atoms with van der Waals surface area (Å²) in [5, 5.41) is 9.23. The summed E-state index contributed by atoms with van der Waals surface area (Å²) in [7, 11) is 2.11. The van der Waals surface area contributed by atoms with Crippen LogP contribution < -0.4 is 10.6 Å². The zero-order valence-corrected chi connectivity index (χ0v) is 11.9. The molecule has 2 atom stereocenters. The molecule has 0 aromatic heterocycles. The van der Waals surface area contributed by atoms with Crippen LogP contribution in [0.15, 0.2) is 24.3 Å². The highest BCUT2D eigenvalue weighted by molar-refractivity contribution is 5.47. The first-order valence-electron chi connectivity index (χ1n) is 7.03. The van der Waals surface area contributed by atoms with Crippen molar-refractivity contribution in [2.24, 2.45) is 11.7 Å². The zero-order chi connectivity index (χ0) is 13.9. The number of hydrogen-bond acceptors (Lipinski definition) is 3. The van der Waals surface area contributed by atoms with Crippen molar-refractivity contribution in [2.75, 3.05) is 18.5 Å². The summed E-state index contributed by atoms with van der Waals surface area (Å²) in [5.74, 6) is 0.338. The lowest BCUT2D eigenvalue weighted by molar-refractivity contribution is 0.376. The number of benzene rings is 1. The predicted molar refractivity (Wildman–Crippen MR) is 78.9 cm³/mol. The molecule has 0 spiro atoms. The summed E-state index contributed by atoms with van der Waals surface area (Å²) in [5.41, 5.74) is 8.09. The molecular weight excluding hydrogens is 234 g/mol. The van der Waals surface area contributed by atoms with Gasteiger partial charge in [0, 0.05) is 19.3 Å². The van der Waals surface area contributed by atoms with Gasteiger partial charge >= 0.3 is 0 Å². The van der Waals surface area contributed by atoms with Crippen molar-refractivity contribution in [3.63, 3.8) is 0 Å². The van der Waals surface area contributed by atoms with Gasteiger partial charge in [0.15, 0.2) is 0 Å². The van der Waals surface area contributed by atoms with Crippen LogP contribution in [-0.4, -0.2) is 19.1 Å². The molecule has 0 bridgehead atoms. The fourth-order valence-corrected chi connectivity index (χ4v) is 3.00. The predicted octanol–water partition coefficient (Wildman–Crippen LogP) is 2.84. The molecule has 1 fully saturated rings. The van der Waals surface area contributed by atoms with Gasteiger partial charge in [0.1, 0.15) is 5.54 Å². The lowest BCUT2D eigenvalue weighted by Gasteiger charge is -2.27.